The second kappa shape index (κ2) is 8.21. The fourth-order valence-corrected chi connectivity index (χ4v) is 3.66. The van der Waals surface area contributed by atoms with Gasteiger partial charge < -0.3 is 10.6 Å². The quantitative estimate of drug-likeness (QED) is 0.834. The maximum atomic E-state index is 12.4. The minimum absolute atomic E-state index is 0.105. The van der Waals surface area contributed by atoms with Gasteiger partial charge in [0.15, 0.2) is 0 Å². The van der Waals surface area contributed by atoms with Crippen LogP contribution in [0.5, 0.6) is 0 Å². The van der Waals surface area contributed by atoms with Crippen molar-refractivity contribution in [1.82, 2.24) is 20.4 Å². The predicted octanol–water partition coefficient (Wildman–Crippen LogP) is 3.48. The number of carbonyl (C=O) groups is 1. The van der Waals surface area contributed by atoms with Gasteiger partial charge in [-0.3, -0.25) is 9.48 Å². The van der Waals surface area contributed by atoms with Gasteiger partial charge in [-0.2, -0.15) is 5.10 Å². The van der Waals surface area contributed by atoms with Gasteiger partial charge in [-0.15, -0.1) is 0 Å². The van der Waals surface area contributed by atoms with E-state index in [1.807, 2.05) is 23.9 Å². The summed E-state index contributed by atoms with van der Waals surface area (Å²) in [5.41, 5.74) is 1.28. The normalized spacial score (nSPS) is 18.8. The molecule has 2 atom stereocenters. The molecule has 5 nitrogen and oxygen atoms in total. The minimum atomic E-state index is -0.182. The molecule has 0 radical (unpaired) electrons. The van der Waals surface area contributed by atoms with Crippen LogP contribution in [0.15, 0.2) is 30.5 Å². The van der Waals surface area contributed by atoms with Crippen LogP contribution < -0.4 is 10.6 Å². The largest absolute Gasteiger partial charge is 0.348 e. The summed E-state index contributed by atoms with van der Waals surface area (Å²) in [7, 11) is 0. The van der Waals surface area contributed by atoms with Gasteiger partial charge in [0.05, 0.1) is 6.04 Å². The molecule has 1 amide bonds. The van der Waals surface area contributed by atoms with E-state index in [-0.39, 0.29) is 11.9 Å². The standard InChI is InChI=1S/C18H22Cl2N4O/c1-12(10-14-15(19)5-2-6-16(14)20)22-18(25)17-7-9-24(23-17)13-4-3-8-21-11-13/h2,5-7,9,12-13,21H,3-4,8,10-11H2,1H3,(H,22,25). The molecule has 1 aliphatic heterocycles. The Kier molecular flexibility index (Phi) is 5.99. The molecule has 0 saturated carbocycles. The van der Waals surface area contributed by atoms with Crippen molar-refractivity contribution in [2.45, 2.75) is 38.3 Å². The Bertz CT molecular complexity index is 720. The number of nitrogens with zero attached hydrogens (tertiary/aromatic N) is 2. The number of hydrogen-bond donors (Lipinski definition) is 2. The fraction of sp³-hybridized carbons (Fsp3) is 0.444. The molecule has 2 aromatic rings. The summed E-state index contributed by atoms with van der Waals surface area (Å²) in [4.78, 5) is 12.4. The van der Waals surface area contributed by atoms with Crippen molar-refractivity contribution in [1.29, 1.82) is 0 Å². The summed E-state index contributed by atoms with van der Waals surface area (Å²) in [5, 5.41) is 12.0. The number of piperidine rings is 1. The lowest BCUT2D eigenvalue weighted by Crippen LogP contribution is -2.35. The molecule has 3 rings (SSSR count). The molecule has 2 unspecified atom stereocenters. The van der Waals surface area contributed by atoms with E-state index in [2.05, 4.69) is 15.7 Å². The van der Waals surface area contributed by atoms with E-state index < -0.39 is 0 Å². The van der Waals surface area contributed by atoms with Crippen molar-refractivity contribution in [3.63, 3.8) is 0 Å². The van der Waals surface area contributed by atoms with Gasteiger partial charge in [0, 0.05) is 28.8 Å². The van der Waals surface area contributed by atoms with Crippen molar-refractivity contribution >= 4 is 29.1 Å². The van der Waals surface area contributed by atoms with Gasteiger partial charge >= 0.3 is 0 Å². The smallest absolute Gasteiger partial charge is 0.271 e. The van der Waals surface area contributed by atoms with Crippen LogP contribution in [0.2, 0.25) is 10.0 Å². The summed E-state index contributed by atoms with van der Waals surface area (Å²) in [6.07, 6.45) is 4.65. The average molecular weight is 381 g/mol. The van der Waals surface area contributed by atoms with Gasteiger partial charge in [0.1, 0.15) is 5.69 Å². The highest BCUT2D eigenvalue weighted by atomic mass is 35.5. The molecule has 7 heteroatoms. The number of halogens is 2. The summed E-state index contributed by atoms with van der Waals surface area (Å²) in [6, 6.07) is 7.39. The number of amides is 1. The van der Waals surface area contributed by atoms with Crippen molar-refractivity contribution in [2.24, 2.45) is 0 Å². The maximum absolute atomic E-state index is 12.4. The van der Waals surface area contributed by atoms with Gasteiger partial charge in [0.2, 0.25) is 0 Å². The van der Waals surface area contributed by atoms with Crippen LogP contribution in [-0.4, -0.2) is 34.8 Å². The summed E-state index contributed by atoms with van der Waals surface area (Å²) >= 11 is 12.4. The van der Waals surface area contributed by atoms with Crippen molar-refractivity contribution in [2.75, 3.05) is 13.1 Å². The molecule has 1 aliphatic rings. The Morgan fingerprint density at radius 3 is 2.84 bits per heavy atom. The molecular formula is C18H22Cl2N4O. The third kappa shape index (κ3) is 4.54. The first-order valence-electron chi connectivity index (χ1n) is 8.54. The zero-order chi connectivity index (χ0) is 17.8. The lowest BCUT2D eigenvalue weighted by Gasteiger charge is -2.22. The molecule has 2 N–H and O–H groups in total. The Hall–Kier alpha value is -1.56. The second-order valence-corrected chi connectivity index (χ2v) is 7.27. The highest BCUT2D eigenvalue weighted by Crippen LogP contribution is 2.25. The van der Waals surface area contributed by atoms with Crippen LogP contribution in [-0.2, 0) is 6.42 Å². The molecule has 25 heavy (non-hydrogen) atoms. The van der Waals surface area contributed by atoms with E-state index in [0.29, 0.717) is 28.2 Å². The zero-order valence-corrected chi connectivity index (χ0v) is 15.6. The molecular weight excluding hydrogens is 359 g/mol. The molecule has 0 aliphatic carbocycles. The second-order valence-electron chi connectivity index (χ2n) is 6.46. The molecule has 0 spiro atoms. The lowest BCUT2D eigenvalue weighted by atomic mass is 10.1. The highest BCUT2D eigenvalue weighted by molar-refractivity contribution is 6.36. The summed E-state index contributed by atoms with van der Waals surface area (Å²) in [5.74, 6) is -0.182. The molecule has 1 fully saturated rings. The summed E-state index contributed by atoms with van der Waals surface area (Å²) in [6.45, 7) is 3.87. The number of benzene rings is 1. The van der Waals surface area contributed by atoms with E-state index in [9.17, 15) is 4.79 Å². The van der Waals surface area contributed by atoms with Gasteiger partial charge in [-0.25, -0.2) is 0 Å². The Labute approximate surface area is 157 Å². The van der Waals surface area contributed by atoms with E-state index in [0.717, 1.165) is 31.5 Å². The van der Waals surface area contributed by atoms with Crippen LogP contribution in [0, 0.1) is 0 Å². The number of carbonyl (C=O) groups excluding carboxylic acids is 1. The maximum Gasteiger partial charge on any atom is 0.271 e. The molecule has 134 valence electrons. The highest BCUT2D eigenvalue weighted by Gasteiger charge is 2.19. The predicted molar refractivity (Wildman–Crippen MR) is 100 cm³/mol. The van der Waals surface area contributed by atoms with E-state index in [1.165, 1.54) is 0 Å². The lowest BCUT2D eigenvalue weighted by molar-refractivity contribution is 0.0933. The summed E-state index contributed by atoms with van der Waals surface area (Å²) < 4.78 is 1.89. The van der Waals surface area contributed by atoms with Crippen LogP contribution in [0.1, 0.15) is 41.9 Å². The van der Waals surface area contributed by atoms with Gasteiger partial charge in [-0.1, -0.05) is 29.3 Å². The van der Waals surface area contributed by atoms with Gasteiger partial charge in [-0.05, 0) is 56.5 Å². The van der Waals surface area contributed by atoms with Crippen LogP contribution in [0.3, 0.4) is 0 Å². The number of rotatable bonds is 5. The first-order valence-corrected chi connectivity index (χ1v) is 9.30. The molecule has 1 aromatic carbocycles. The molecule has 1 saturated heterocycles. The van der Waals surface area contributed by atoms with E-state index in [4.69, 9.17) is 23.2 Å². The SMILES string of the molecule is CC(Cc1c(Cl)cccc1Cl)NC(=O)c1ccn(C2CCCNC2)n1. The first kappa shape index (κ1) is 18.2. The van der Waals surface area contributed by atoms with E-state index >= 15 is 0 Å². The minimum Gasteiger partial charge on any atom is -0.348 e. The monoisotopic (exact) mass is 380 g/mol. The van der Waals surface area contributed by atoms with E-state index in [1.54, 1.807) is 18.2 Å². The zero-order valence-electron chi connectivity index (χ0n) is 14.1. The molecule has 2 heterocycles. The third-order valence-corrected chi connectivity index (χ3v) is 5.14. The topological polar surface area (TPSA) is 59.0 Å². The third-order valence-electron chi connectivity index (χ3n) is 4.44. The Morgan fingerprint density at radius 1 is 1.40 bits per heavy atom. The van der Waals surface area contributed by atoms with Crippen LogP contribution in [0.25, 0.3) is 0 Å². The van der Waals surface area contributed by atoms with Crippen molar-refractivity contribution in [3.8, 4) is 0 Å². The van der Waals surface area contributed by atoms with Gasteiger partial charge in [0.25, 0.3) is 5.91 Å². The Morgan fingerprint density at radius 2 is 2.16 bits per heavy atom. The fourth-order valence-electron chi connectivity index (χ4n) is 3.10. The van der Waals surface area contributed by atoms with Crippen LogP contribution >= 0.6 is 23.2 Å². The number of aromatic nitrogens is 2. The average Bonchev–Trinajstić information content (AvgIpc) is 3.09. The van der Waals surface area contributed by atoms with Crippen molar-refractivity contribution < 1.29 is 4.79 Å². The molecule has 0 bridgehead atoms. The number of nitrogens with one attached hydrogen (secondary N) is 2. The Balaban J connectivity index is 1.61. The van der Waals surface area contributed by atoms with Crippen molar-refractivity contribution in [3.05, 3.63) is 51.8 Å². The first-order chi connectivity index (χ1) is 12.0. The number of hydrogen-bond acceptors (Lipinski definition) is 3. The molecule has 1 aromatic heterocycles. The van der Waals surface area contributed by atoms with Crippen LogP contribution in [0.4, 0.5) is 0 Å².